The van der Waals surface area contributed by atoms with Gasteiger partial charge in [0.25, 0.3) is 0 Å². The van der Waals surface area contributed by atoms with Crippen LogP contribution in [0.4, 0.5) is 13.2 Å². The number of aromatic carboxylic acids is 1. The van der Waals surface area contributed by atoms with E-state index in [4.69, 9.17) is 5.11 Å². The van der Waals surface area contributed by atoms with Gasteiger partial charge in [-0.3, -0.25) is 4.57 Å². The number of aromatic nitrogens is 2. The van der Waals surface area contributed by atoms with Crippen molar-refractivity contribution >= 4 is 21.9 Å². The Bertz CT molecular complexity index is 620. The number of halogens is 4. The van der Waals surface area contributed by atoms with Crippen molar-refractivity contribution in [2.45, 2.75) is 6.18 Å². The van der Waals surface area contributed by atoms with Crippen LogP contribution in [0.1, 0.15) is 16.2 Å². The fourth-order valence-electron chi connectivity index (χ4n) is 1.57. The summed E-state index contributed by atoms with van der Waals surface area (Å²) in [7, 11) is 0. The summed E-state index contributed by atoms with van der Waals surface area (Å²) in [5.41, 5.74) is -2.15. The van der Waals surface area contributed by atoms with E-state index in [9.17, 15) is 18.0 Å². The Labute approximate surface area is 113 Å². The van der Waals surface area contributed by atoms with Gasteiger partial charge in [-0.05, 0) is 24.3 Å². The molecule has 0 spiro atoms. The van der Waals surface area contributed by atoms with Gasteiger partial charge in [0, 0.05) is 10.2 Å². The highest BCUT2D eigenvalue weighted by Gasteiger charge is 2.40. The Morgan fingerprint density at radius 1 is 1.26 bits per heavy atom. The number of carboxylic acids is 1. The van der Waals surface area contributed by atoms with Crippen molar-refractivity contribution in [3.05, 3.63) is 46.5 Å². The Morgan fingerprint density at radius 2 is 1.84 bits per heavy atom. The lowest BCUT2D eigenvalue weighted by Gasteiger charge is -2.11. The van der Waals surface area contributed by atoms with E-state index < -0.39 is 23.5 Å². The second-order valence-electron chi connectivity index (χ2n) is 3.59. The zero-order valence-electron chi connectivity index (χ0n) is 9.15. The molecule has 0 saturated carbocycles. The predicted molar refractivity (Wildman–Crippen MR) is 63.2 cm³/mol. The number of hydrogen-bond donors (Lipinski definition) is 1. The SMILES string of the molecule is O=C(O)c1ncn(-c2ccc(Br)cc2)c1C(F)(F)F. The lowest BCUT2D eigenvalue weighted by molar-refractivity contribution is -0.142. The van der Waals surface area contributed by atoms with Crippen LogP contribution in [-0.2, 0) is 6.18 Å². The van der Waals surface area contributed by atoms with Crippen molar-refractivity contribution in [1.82, 2.24) is 9.55 Å². The molecule has 0 fully saturated rings. The lowest BCUT2D eigenvalue weighted by atomic mass is 10.2. The van der Waals surface area contributed by atoms with E-state index in [-0.39, 0.29) is 5.69 Å². The highest BCUT2D eigenvalue weighted by Crippen LogP contribution is 2.33. The third-order valence-corrected chi connectivity index (χ3v) is 2.87. The van der Waals surface area contributed by atoms with E-state index in [1.165, 1.54) is 12.1 Å². The molecule has 0 aliphatic carbocycles. The molecular weight excluding hydrogens is 329 g/mol. The number of alkyl halides is 3. The summed E-state index contributed by atoms with van der Waals surface area (Å²) in [4.78, 5) is 14.1. The Balaban J connectivity index is 2.64. The van der Waals surface area contributed by atoms with Crippen molar-refractivity contribution in [3.8, 4) is 5.69 Å². The van der Waals surface area contributed by atoms with Gasteiger partial charge in [0.15, 0.2) is 11.4 Å². The fraction of sp³-hybridized carbons (Fsp3) is 0.0909. The fourth-order valence-corrected chi connectivity index (χ4v) is 1.84. The number of nitrogens with zero attached hydrogens (tertiary/aromatic N) is 2. The van der Waals surface area contributed by atoms with Gasteiger partial charge in [0.2, 0.25) is 0 Å². The number of hydrogen-bond acceptors (Lipinski definition) is 2. The van der Waals surface area contributed by atoms with Crippen LogP contribution < -0.4 is 0 Å². The minimum atomic E-state index is -4.81. The molecule has 100 valence electrons. The normalized spacial score (nSPS) is 11.6. The Hall–Kier alpha value is -1.83. The zero-order chi connectivity index (χ0) is 14.2. The van der Waals surface area contributed by atoms with E-state index in [1.807, 2.05) is 0 Å². The molecule has 0 aliphatic heterocycles. The van der Waals surface area contributed by atoms with Crippen LogP contribution in [-0.4, -0.2) is 20.6 Å². The van der Waals surface area contributed by atoms with Crippen LogP contribution in [0.2, 0.25) is 0 Å². The maximum atomic E-state index is 12.9. The standard InChI is InChI=1S/C11H6BrF3N2O2/c12-6-1-3-7(4-2-6)17-5-16-8(10(18)19)9(17)11(13,14)15/h1-5H,(H,18,19). The van der Waals surface area contributed by atoms with Gasteiger partial charge in [-0.15, -0.1) is 0 Å². The molecule has 2 aromatic rings. The van der Waals surface area contributed by atoms with Gasteiger partial charge in [-0.25, -0.2) is 9.78 Å². The minimum Gasteiger partial charge on any atom is -0.476 e. The number of imidazole rings is 1. The van der Waals surface area contributed by atoms with Crippen LogP contribution in [0.25, 0.3) is 5.69 Å². The molecule has 0 amide bonds. The molecule has 19 heavy (non-hydrogen) atoms. The zero-order valence-corrected chi connectivity index (χ0v) is 10.7. The van der Waals surface area contributed by atoms with Crippen molar-refractivity contribution in [1.29, 1.82) is 0 Å². The molecule has 4 nitrogen and oxygen atoms in total. The van der Waals surface area contributed by atoms with Gasteiger partial charge in [-0.1, -0.05) is 15.9 Å². The molecule has 0 aliphatic rings. The van der Waals surface area contributed by atoms with Gasteiger partial charge >= 0.3 is 12.1 Å². The second kappa shape index (κ2) is 4.69. The van der Waals surface area contributed by atoms with E-state index in [0.29, 0.717) is 9.04 Å². The molecule has 0 saturated heterocycles. The maximum Gasteiger partial charge on any atom is 0.434 e. The first-order valence-corrected chi connectivity index (χ1v) is 5.74. The molecule has 0 radical (unpaired) electrons. The quantitative estimate of drug-likeness (QED) is 0.916. The average molecular weight is 335 g/mol. The smallest absolute Gasteiger partial charge is 0.434 e. The van der Waals surface area contributed by atoms with Crippen LogP contribution in [0.5, 0.6) is 0 Å². The van der Waals surface area contributed by atoms with Crippen molar-refractivity contribution in [2.75, 3.05) is 0 Å². The van der Waals surface area contributed by atoms with E-state index >= 15 is 0 Å². The average Bonchev–Trinajstić information content (AvgIpc) is 2.74. The van der Waals surface area contributed by atoms with Crippen LogP contribution >= 0.6 is 15.9 Å². The predicted octanol–water partition coefficient (Wildman–Crippen LogP) is 3.35. The summed E-state index contributed by atoms with van der Waals surface area (Å²) in [6.45, 7) is 0. The topological polar surface area (TPSA) is 55.1 Å². The largest absolute Gasteiger partial charge is 0.476 e. The number of rotatable bonds is 2. The van der Waals surface area contributed by atoms with Crippen molar-refractivity contribution in [3.63, 3.8) is 0 Å². The van der Waals surface area contributed by atoms with E-state index in [2.05, 4.69) is 20.9 Å². The highest BCUT2D eigenvalue weighted by atomic mass is 79.9. The molecule has 0 bridgehead atoms. The van der Waals surface area contributed by atoms with Crippen LogP contribution in [0.15, 0.2) is 35.1 Å². The third-order valence-electron chi connectivity index (χ3n) is 2.34. The molecular formula is C11H6BrF3N2O2. The molecule has 0 unspecified atom stereocenters. The second-order valence-corrected chi connectivity index (χ2v) is 4.51. The Morgan fingerprint density at radius 3 is 2.32 bits per heavy atom. The number of carboxylic acid groups (broad SMARTS) is 1. The van der Waals surface area contributed by atoms with Gasteiger partial charge in [0.1, 0.15) is 6.33 Å². The first-order valence-electron chi connectivity index (χ1n) is 4.94. The molecule has 0 atom stereocenters. The molecule has 8 heteroatoms. The summed E-state index contributed by atoms with van der Waals surface area (Å²) in [6, 6.07) is 5.95. The molecule has 2 rings (SSSR count). The first kappa shape index (κ1) is 13.6. The lowest BCUT2D eigenvalue weighted by Crippen LogP contribution is -2.16. The summed E-state index contributed by atoms with van der Waals surface area (Å²) < 4.78 is 40.2. The Kier molecular flexibility index (Phi) is 3.36. The highest BCUT2D eigenvalue weighted by molar-refractivity contribution is 9.10. The van der Waals surface area contributed by atoms with Gasteiger partial charge in [0.05, 0.1) is 0 Å². The summed E-state index contributed by atoms with van der Waals surface area (Å²) >= 11 is 3.16. The number of benzene rings is 1. The molecule has 1 aromatic carbocycles. The van der Waals surface area contributed by atoms with E-state index in [0.717, 1.165) is 6.33 Å². The summed E-state index contributed by atoms with van der Waals surface area (Å²) in [5, 5.41) is 8.75. The monoisotopic (exact) mass is 334 g/mol. The van der Waals surface area contributed by atoms with Gasteiger partial charge in [-0.2, -0.15) is 13.2 Å². The van der Waals surface area contributed by atoms with Crippen LogP contribution in [0.3, 0.4) is 0 Å². The van der Waals surface area contributed by atoms with Crippen molar-refractivity contribution < 1.29 is 23.1 Å². The molecule has 1 aromatic heterocycles. The summed E-state index contributed by atoms with van der Waals surface area (Å²) in [5.74, 6) is -1.72. The van der Waals surface area contributed by atoms with E-state index in [1.54, 1.807) is 12.1 Å². The van der Waals surface area contributed by atoms with Crippen molar-refractivity contribution in [2.24, 2.45) is 0 Å². The molecule has 1 heterocycles. The van der Waals surface area contributed by atoms with Gasteiger partial charge < -0.3 is 5.11 Å². The molecule has 1 N–H and O–H groups in total. The minimum absolute atomic E-state index is 0.176. The summed E-state index contributed by atoms with van der Waals surface area (Å²) in [6.07, 6.45) is -3.97. The number of carbonyl (C=O) groups is 1. The third kappa shape index (κ3) is 2.62. The maximum absolute atomic E-state index is 12.9. The van der Waals surface area contributed by atoms with Crippen LogP contribution in [0, 0.1) is 0 Å². The first-order chi connectivity index (χ1) is 8.80.